The molecule has 2 unspecified atom stereocenters. The summed E-state index contributed by atoms with van der Waals surface area (Å²) in [6.07, 6.45) is 2.05. The molecular formula is C14H19F2NO2. The Morgan fingerprint density at radius 2 is 1.84 bits per heavy atom. The maximum Gasteiger partial charge on any atom is 0.387 e. The molecule has 0 radical (unpaired) electrons. The van der Waals surface area contributed by atoms with E-state index in [4.69, 9.17) is 4.74 Å². The van der Waals surface area contributed by atoms with Crippen LogP contribution in [0.1, 0.15) is 26.7 Å². The van der Waals surface area contributed by atoms with Gasteiger partial charge in [-0.1, -0.05) is 12.1 Å². The van der Waals surface area contributed by atoms with E-state index in [-0.39, 0.29) is 24.0 Å². The molecule has 1 aliphatic heterocycles. The molecule has 1 aliphatic rings. The topological polar surface area (TPSA) is 30.5 Å². The zero-order valence-corrected chi connectivity index (χ0v) is 11.1. The SMILES string of the molecule is CC1CC(Nc2ccccc2OC(F)F)CC(C)O1. The van der Waals surface area contributed by atoms with Gasteiger partial charge in [-0.3, -0.25) is 0 Å². The third kappa shape index (κ3) is 4.06. The molecule has 0 saturated carbocycles. The summed E-state index contributed by atoms with van der Waals surface area (Å²) in [5.74, 6) is 0.185. The summed E-state index contributed by atoms with van der Waals surface area (Å²) >= 11 is 0. The zero-order chi connectivity index (χ0) is 13.8. The highest BCUT2D eigenvalue weighted by Gasteiger charge is 2.25. The van der Waals surface area contributed by atoms with Crippen LogP contribution in [0.15, 0.2) is 24.3 Å². The number of hydrogen-bond donors (Lipinski definition) is 1. The molecule has 3 nitrogen and oxygen atoms in total. The number of benzene rings is 1. The third-order valence-electron chi connectivity index (χ3n) is 3.16. The van der Waals surface area contributed by atoms with Gasteiger partial charge in [-0.2, -0.15) is 8.78 Å². The fourth-order valence-corrected chi connectivity index (χ4v) is 2.53. The van der Waals surface area contributed by atoms with E-state index in [2.05, 4.69) is 10.1 Å². The first-order valence-corrected chi connectivity index (χ1v) is 6.50. The van der Waals surface area contributed by atoms with Crippen LogP contribution in [0.25, 0.3) is 0 Å². The van der Waals surface area contributed by atoms with Crippen molar-refractivity contribution in [1.29, 1.82) is 0 Å². The lowest BCUT2D eigenvalue weighted by Gasteiger charge is -2.33. The second-order valence-corrected chi connectivity index (χ2v) is 4.94. The largest absolute Gasteiger partial charge is 0.433 e. The van der Waals surface area contributed by atoms with E-state index < -0.39 is 6.61 Å². The zero-order valence-electron chi connectivity index (χ0n) is 11.1. The van der Waals surface area contributed by atoms with E-state index in [0.29, 0.717) is 5.69 Å². The molecule has 2 rings (SSSR count). The molecule has 0 aromatic heterocycles. The minimum Gasteiger partial charge on any atom is -0.433 e. The standard InChI is InChI=1S/C14H19F2NO2/c1-9-7-11(8-10(2)18-9)17-12-5-3-4-6-13(12)19-14(15)16/h3-6,9-11,14,17H,7-8H2,1-2H3. The molecule has 1 aromatic rings. The van der Waals surface area contributed by atoms with Crippen molar-refractivity contribution in [3.63, 3.8) is 0 Å². The summed E-state index contributed by atoms with van der Waals surface area (Å²) in [7, 11) is 0. The Bertz CT molecular complexity index is 404. The van der Waals surface area contributed by atoms with E-state index in [9.17, 15) is 8.78 Å². The van der Waals surface area contributed by atoms with Gasteiger partial charge >= 0.3 is 6.61 Å². The van der Waals surface area contributed by atoms with E-state index in [0.717, 1.165) is 12.8 Å². The van der Waals surface area contributed by atoms with Gasteiger partial charge < -0.3 is 14.8 Å². The number of halogens is 2. The van der Waals surface area contributed by atoms with Gasteiger partial charge in [-0.15, -0.1) is 0 Å². The molecule has 19 heavy (non-hydrogen) atoms. The third-order valence-corrected chi connectivity index (χ3v) is 3.16. The van der Waals surface area contributed by atoms with Crippen molar-refractivity contribution in [1.82, 2.24) is 0 Å². The van der Waals surface area contributed by atoms with Crippen LogP contribution in [0.3, 0.4) is 0 Å². The summed E-state index contributed by atoms with van der Waals surface area (Å²) in [5.41, 5.74) is 0.606. The van der Waals surface area contributed by atoms with Crippen LogP contribution in [0.5, 0.6) is 5.75 Å². The van der Waals surface area contributed by atoms with Crippen LogP contribution < -0.4 is 10.1 Å². The number of alkyl halides is 2. The Labute approximate surface area is 111 Å². The number of ether oxygens (including phenoxy) is 2. The second-order valence-electron chi connectivity index (χ2n) is 4.94. The van der Waals surface area contributed by atoms with Crippen molar-refractivity contribution in [2.75, 3.05) is 5.32 Å². The van der Waals surface area contributed by atoms with Gasteiger partial charge in [0.25, 0.3) is 0 Å². The summed E-state index contributed by atoms with van der Waals surface area (Å²) < 4.78 is 34.8. The molecule has 1 saturated heterocycles. The van der Waals surface area contributed by atoms with Crippen molar-refractivity contribution in [2.24, 2.45) is 0 Å². The number of para-hydroxylation sites is 2. The summed E-state index contributed by atoms with van der Waals surface area (Å²) in [5, 5.41) is 3.28. The smallest absolute Gasteiger partial charge is 0.387 e. The van der Waals surface area contributed by atoms with Crippen molar-refractivity contribution < 1.29 is 18.3 Å². The molecule has 0 bridgehead atoms. The van der Waals surface area contributed by atoms with Crippen LogP contribution in [0.2, 0.25) is 0 Å². The first-order chi connectivity index (χ1) is 9.04. The van der Waals surface area contributed by atoms with Crippen molar-refractivity contribution in [2.45, 2.75) is 51.6 Å². The molecule has 1 N–H and O–H groups in total. The Kier molecular flexibility index (Phi) is 4.58. The molecule has 2 atom stereocenters. The van der Waals surface area contributed by atoms with Gasteiger partial charge in [0.05, 0.1) is 17.9 Å². The molecule has 106 valence electrons. The first kappa shape index (κ1) is 14.1. The lowest BCUT2D eigenvalue weighted by molar-refractivity contribution is -0.0498. The van der Waals surface area contributed by atoms with Gasteiger partial charge in [0.2, 0.25) is 0 Å². The monoisotopic (exact) mass is 271 g/mol. The molecule has 0 spiro atoms. The van der Waals surface area contributed by atoms with E-state index >= 15 is 0 Å². The van der Waals surface area contributed by atoms with Crippen LogP contribution in [0, 0.1) is 0 Å². The summed E-state index contributed by atoms with van der Waals surface area (Å²) in [4.78, 5) is 0. The lowest BCUT2D eigenvalue weighted by Crippen LogP contribution is -2.37. The molecule has 0 aliphatic carbocycles. The van der Waals surface area contributed by atoms with Crippen LogP contribution in [0.4, 0.5) is 14.5 Å². The van der Waals surface area contributed by atoms with Gasteiger partial charge in [-0.25, -0.2) is 0 Å². The maximum atomic E-state index is 12.3. The van der Waals surface area contributed by atoms with Crippen LogP contribution in [-0.4, -0.2) is 24.9 Å². The minimum absolute atomic E-state index is 0.171. The fourth-order valence-electron chi connectivity index (χ4n) is 2.53. The lowest BCUT2D eigenvalue weighted by atomic mass is 9.99. The van der Waals surface area contributed by atoms with E-state index in [1.807, 2.05) is 13.8 Å². The summed E-state index contributed by atoms with van der Waals surface area (Å²) in [6.45, 7) is 1.23. The summed E-state index contributed by atoms with van der Waals surface area (Å²) in [6, 6.07) is 6.98. The van der Waals surface area contributed by atoms with Crippen LogP contribution in [-0.2, 0) is 4.74 Å². The number of anilines is 1. The van der Waals surface area contributed by atoms with E-state index in [1.165, 1.54) is 0 Å². The Morgan fingerprint density at radius 3 is 2.47 bits per heavy atom. The molecular weight excluding hydrogens is 252 g/mol. The highest BCUT2D eigenvalue weighted by molar-refractivity contribution is 5.56. The maximum absolute atomic E-state index is 12.3. The van der Waals surface area contributed by atoms with Gasteiger partial charge in [0, 0.05) is 6.04 Å². The first-order valence-electron chi connectivity index (χ1n) is 6.50. The number of rotatable bonds is 4. The molecule has 1 heterocycles. The van der Waals surface area contributed by atoms with E-state index in [1.54, 1.807) is 24.3 Å². The highest BCUT2D eigenvalue weighted by atomic mass is 19.3. The Hall–Kier alpha value is -1.36. The molecule has 1 aromatic carbocycles. The van der Waals surface area contributed by atoms with Crippen molar-refractivity contribution in [3.05, 3.63) is 24.3 Å². The van der Waals surface area contributed by atoms with Gasteiger partial charge in [0.1, 0.15) is 5.75 Å². The van der Waals surface area contributed by atoms with Gasteiger partial charge in [-0.05, 0) is 38.8 Å². The van der Waals surface area contributed by atoms with Crippen molar-refractivity contribution >= 4 is 5.69 Å². The molecule has 0 amide bonds. The predicted molar refractivity (Wildman–Crippen MR) is 69.7 cm³/mol. The minimum atomic E-state index is -2.81. The quantitative estimate of drug-likeness (QED) is 0.906. The number of hydrogen-bond acceptors (Lipinski definition) is 3. The fraction of sp³-hybridized carbons (Fsp3) is 0.571. The number of nitrogens with one attached hydrogen (secondary N) is 1. The van der Waals surface area contributed by atoms with Gasteiger partial charge in [0.15, 0.2) is 0 Å². The average molecular weight is 271 g/mol. The normalized spacial score (nSPS) is 27.3. The Balaban J connectivity index is 2.05. The predicted octanol–water partition coefficient (Wildman–Crippen LogP) is 3.66. The highest BCUT2D eigenvalue weighted by Crippen LogP contribution is 2.29. The molecule has 1 fully saturated rings. The van der Waals surface area contributed by atoms with Crippen LogP contribution >= 0.6 is 0 Å². The Morgan fingerprint density at radius 1 is 1.21 bits per heavy atom. The van der Waals surface area contributed by atoms with Crippen molar-refractivity contribution in [3.8, 4) is 5.75 Å². The average Bonchev–Trinajstić information content (AvgIpc) is 2.29. The second kappa shape index (κ2) is 6.19. The molecule has 5 heteroatoms.